The lowest BCUT2D eigenvalue weighted by Gasteiger charge is -2.18. The van der Waals surface area contributed by atoms with E-state index in [0.717, 1.165) is 44.9 Å². The first-order valence-electron chi connectivity index (χ1n) is 21.1. The Hall–Kier alpha value is -8.27. The van der Waals surface area contributed by atoms with Crippen LogP contribution in [0.4, 0.5) is 0 Å². The first-order chi connectivity index (χ1) is 30.7. The molecule has 62 heavy (non-hydrogen) atoms. The van der Waals surface area contributed by atoms with Gasteiger partial charge in [0.1, 0.15) is 0 Å². The Balaban J connectivity index is 1.06. The minimum atomic E-state index is 0.668. The van der Waals surface area contributed by atoms with E-state index in [0.29, 0.717) is 5.82 Å². The molecule has 0 atom stereocenters. The number of hydrogen-bond acceptors (Lipinski definition) is 3. The third-order valence-corrected chi connectivity index (χ3v) is 12.3. The molecule has 0 aliphatic carbocycles. The van der Waals surface area contributed by atoms with Crippen molar-refractivity contribution in [3.05, 3.63) is 225 Å². The zero-order valence-corrected chi connectivity index (χ0v) is 33.7. The summed E-state index contributed by atoms with van der Waals surface area (Å²) in [6.45, 7) is 0. The average Bonchev–Trinajstić information content (AvgIpc) is 3.36. The smallest absolute Gasteiger partial charge is 0.160 e. The first-order valence-corrected chi connectivity index (χ1v) is 21.1. The molecule has 0 fully saturated rings. The molecule has 12 rings (SSSR count). The molecule has 0 radical (unpaired) electrons. The van der Waals surface area contributed by atoms with E-state index in [4.69, 9.17) is 15.0 Å². The summed E-state index contributed by atoms with van der Waals surface area (Å²) in [6.07, 6.45) is 1.84. The summed E-state index contributed by atoms with van der Waals surface area (Å²) in [5.74, 6) is 0.668. The lowest BCUT2D eigenvalue weighted by molar-refractivity contribution is 1.18. The maximum absolute atomic E-state index is 5.31. The summed E-state index contributed by atoms with van der Waals surface area (Å²) in [7, 11) is 0. The molecule has 0 saturated carbocycles. The fourth-order valence-corrected chi connectivity index (χ4v) is 9.44. The first kappa shape index (κ1) is 35.7. The zero-order valence-electron chi connectivity index (χ0n) is 33.7. The van der Waals surface area contributed by atoms with Gasteiger partial charge in [-0.1, -0.05) is 176 Å². The molecule has 0 aliphatic rings. The second-order valence-electron chi connectivity index (χ2n) is 15.9. The SMILES string of the molecule is c1ccc(-c2cc(-c3ccccc3-c3ccccn3)nc(-c3cccc(-c4cc5c6ccccc6c(-c6cc7ccccc7c7ccccc67)cc5c5ccccc45)c3)n2)cc1. The van der Waals surface area contributed by atoms with E-state index in [1.165, 1.54) is 70.6 Å². The molecule has 10 aromatic carbocycles. The van der Waals surface area contributed by atoms with Crippen molar-refractivity contribution in [2.24, 2.45) is 0 Å². The third-order valence-electron chi connectivity index (χ3n) is 12.3. The summed E-state index contributed by atoms with van der Waals surface area (Å²) < 4.78 is 0. The highest BCUT2D eigenvalue weighted by Gasteiger charge is 2.19. The Bertz CT molecular complexity index is 3690. The fourth-order valence-electron chi connectivity index (χ4n) is 9.44. The largest absolute Gasteiger partial charge is 0.256 e. The van der Waals surface area contributed by atoms with Gasteiger partial charge in [0.05, 0.1) is 17.1 Å². The third kappa shape index (κ3) is 6.02. The van der Waals surface area contributed by atoms with E-state index >= 15 is 0 Å². The molecule has 0 bridgehead atoms. The maximum atomic E-state index is 5.31. The highest BCUT2D eigenvalue weighted by molar-refractivity contribution is 6.26. The summed E-state index contributed by atoms with van der Waals surface area (Å²) in [6, 6.07) is 78.1. The van der Waals surface area contributed by atoms with E-state index in [1.54, 1.807) is 0 Å². The van der Waals surface area contributed by atoms with Crippen molar-refractivity contribution in [1.29, 1.82) is 0 Å². The molecule has 0 spiro atoms. The predicted octanol–water partition coefficient (Wildman–Crippen LogP) is 15.6. The second-order valence-corrected chi connectivity index (χ2v) is 15.9. The van der Waals surface area contributed by atoms with Crippen LogP contribution in [0.25, 0.3) is 121 Å². The van der Waals surface area contributed by atoms with Gasteiger partial charge < -0.3 is 0 Å². The number of hydrogen-bond donors (Lipinski definition) is 0. The number of benzene rings is 10. The van der Waals surface area contributed by atoms with Gasteiger partial charge in [0.25, 0.3) is 0 Å². The average molecular weight is 788 g/mol. The fraction of sp³-hybridized carbons (Fsp3) is 0. The topological polar surface area (TPSA) is 38.7 Å². The molecular formula is C59H37N3. The highest BCUT2D eigenvalue weighted by Crippen LogP contribution is 2.45. The van der Waals surface area contributed by atoms with Crippen LogP contribution in [0, 0.1) is 0 Å². The lowest BCUT2D eigenvalue weighted by atomic mass is 9.86. The van der Waals surface area contributed by atoms with Gasteiger partial charge in [0.2, 0.25) is 0 Å². The maximum Gasteiger partial charge on any atom is 0.160 e. The molecule has 288 valence electrons. The zero-order chi connectivity index (χ0) is 41.0. The van der Waals surface area contributed by atoms with Crippen LogP contribution in [0.5, 0.6) is 0 Å². The summed E-state index contributed by atoms with van der Waals surface area (Å²) in [5.41, 5.74) is 11.4. The number of rotatable bonds is 6. The van der Waals surface area contributed by atoms with Crippen molar-refractivity contribution < 1.29 is 0 Å². The van der Waals surface area contributed by atoms with Gasteiger partial charge in [-0.25, -0.2) is 9.97 Å². The number of fused-ring (bicyclic) bond motifs is 8. The van der Waals surface area contributed by atoms with Crippen molar-refractivity contribution in [3.63, 3.8) is 0 Å². The van der Waals surface area contributed by atoms with Gasteiger partial charge in [0.15, 0.2) is 5.82 Å². The van der Waals surface area contributed by atoms with Crippen LogP contribution >= 0.6 is 0 Å². The summed E-state index contributed by atoms with van der Waals surface area (Å²) in [4.78, 5) is 15.3. The minimum absolute atomic E-state index is 0.668. The Morgan fingerprint density at radius 3 is 1.44 bits per heavy atom. The number of aromatic nitrogens is 3. The van der Waals surface area contributed by atoms with Crippen LogP contribution in [0.2, 0.25) is 0 Å². The highest BCUT2D eigenvalue weighted by atomic mass is 14.9. The molecule has 0 N–H and O–H groups in total. The Morgan fingerprint density at radius 2 is 0.742 bits per heavy atom. The molecule has 2 heterocycles. The Labute approximate surface area is 359 Å². The van der Waals surface area contributed by atoms with E-state index in [9.17, 15) is 0 Å². The molecule has 0 aliphatic heterocycles. The van der Waals surface area contributed by atoms with E-state index in [-0.39, 0.29) is 0 Å². The predicted molar refractivity (Wildman–Crippen MR) is 260 cm³/mol. The minimum Gasteiger partial charge on any atom is -0.256 e. The van der Waals surface area contributed by atoms with E-state index in [1.807, 2.05) is 30.5 Å². The van der Waals surface area contributed by atoms with Crippen molar-refractivity contribution in [2.45, 2.75) is 0 Å². The van der Waals surface area contributed by atoms with Crippen LogP contribution in [-0.2, 0) is 0 Å². The van der Waals surface area contributed by atoms with Crippen molar-refractivity contribution in [2.75, 3.05) is 0 Å². The van der Waals surface area contributed by atoms with Crippen molar-refractivity contribution in [1.82, 2.24) is 15.0 Å². The van der Waals surface area contributed by atoms with Gasteiger partial charge in [-0.05, 0) is 119 Å². The molecule has 3 heteroatoms. The van der Waals surface area contributed by atoms with Crippen LogP contribution in [-0.4, -0.2) is 15.0 Å². The monoisotopic (exact) mass is 787 g/mol. The van der Waals surface area contributed by atoms with Gasteiger partial charge in [-0.2, -0.15) is 0 Å². The van der Waals surface area contributed by atoms with Crippen LogP contribution in [0.1, 0.15) is 0 Å². The molecular weight excluding hydrogens is 751 g/mol. The molecule has 3 nitrogen and oxygen atoms in total. The normalized spacial score (nSPS) is 11.5. The van der Waals surface area contributed by atoms with E-state index < -0.39 is 0 Å². The number of nitrogens with zero attached hydrogens (tertiary/aromatic N) is 3. The quantitative estimate of drug-likeness (QED) is 0.158. The second kappa shape index (κ2) is 14.8. The Kier molecular flexibility index (Phi) is 8.50. The Morgan fingerprint density at radius 1 is 0.242 bits per heavy atom. The molecule has 0 amide bonds. The molecule has 0 unspecified atom stereocenters. The standard InChI is InChI=1S/C59H37N3/c1-2-17-38(18-3-1)57-37-58(50-30-13-12-29-49(50)56-31-14-15-32-60-56)62-59(61-57)41-21-16-20-39(33-41)51-35-53-47-27-10-11-28-48(47)54(36-55(53)46-26-9-7-24-44(46)51)52-34-40-19-4-5-22-42(40)43-23-6-8-25-45(43)52/h1-37H. The van der Waals surface area contributed by atoms with Crippen LogP contribution < -0.4 is 0 Å². The lowest BCUT2D eigenvalue weighted by Crippen LogP contribution is -1.97. The van der Waals surface area contributed by atoms with Gasteiger partial charge >= 0.3 is 0 Å². The summed E-state index contributed by atoms with van der Waals surface area (Å²) >= 11 is 0. The van der Waals surface area contributed by atoms with E-state index in [2.05, 4.69) is 194 Å². The molecule has 12 aromatic rings. The van der Waals surface area contributed by atoms with Gasteiger partial charge in [0, 0.05) is 28.5 Å². The van der Waals surface area contributed by atoms with Gasteiger partial charge in [-0.15, -0.1) is 0 Å². The molecule has 2 aromatic heterocycles. The molecule has 0 saturated heterocycles. The van der Waals surface area contributed by atoms with Crippen molar-refractivity contribution in [3.8, 4) is 67.4 Å². The van der Waals surface area contributed by atoms with Gasteiger partial charge in [-0.3, -0.25) is 4.98 Å². The van der Waals surface area contributed by atoms with Crippen LogP contribution in [0.15, 0.2) is 225 Å². The van der Waals surface area contributed by atoms with Crippen molar-refractivity contribution >= 4 is 53.9 Å². The number of pyridine rings is 1. The van der Waals surface area contributed by atoms with Crippen LogP contribution in [0.3, 0.4) is 0 Å². The summed E-state index contributed by atoms with van der Waals surface area (Å²) in [5, 5.41) is 12.4.